The van der Waals surface area contributed by atoms with Crippen molar-refractivity contribution in [3.8, 4) is 0 Å². The van der Waals surface area contributed by atoms with Gasteiger partial charge in [0, 0.05) is 40.1 Å². The average Bonchev–Trinajstić information content (AvgIpc) is 3.60. The van der Waals surface area contributed by atoms with Gasteiger partial charge in [0.25, 0.3) is 5.91 Å². The van der Waals surface area contributed by atoms with E-state index >= 15 is 0 Å². The monoisotopic (exact) mass is 509 g/mol. The number of hydrogen-bond donors (Lipinski definition) is 4. The predicted molar refractivity (Wildman–Crippen MR) is 140 cm³/mol. The van der Waals surface area contributed by atoms with Crippen LogP contribution >= 0.6 is 0 Å². The number of aromatic nitrogens is 2. The third-order valence-electron chi connectivity index (χ3n) is 8.76. The third-order valence-corrected chi connectivity index (χ3v) is 8.76. The summed E-state index contributed by atoms with van der Waals surface area (Å²) in [6.45, 7) is 2.03. The molecular weight excluding hydrogens is 486 g/mol. The first kappa shape index (κ1) is 21.7. The fourth-order valence-electron chi connectivity index (χ4n) is 7.11. The largest absolute Gasteiger partial charge is 0.467 e. The highest BCUT2D eigenvalue weighted by molar-refractivity contribution is 6.31. The van der Waals surface area contributed by atoms with Gasteiger partial charge in [-0.05, 0) is 36.8 Å². The number of benzene rings is 3. The van der Waals surface area contributed by atoms with Crippen LogP contribution in [0.5, 0.6) is 0 Å². The highest BCUT2D eigenvalue weighted by atomic mass is 16.6. The summed E-state index contributed by atoms with van der Waals surface area (Å²) in [5.41, 5.74) is 7.35. The van der Waals surface area contributed by atoms with Gasteiger partial charge in [0.15, 0.2) is 5.72 Å². The normalized spacial score (nSPS) is 25.4. The number of ether oxygens (including phenoxy) is 2. The van der Waals surface area contributed by atoms with Crippen LogP contribution in [0.4, 0.5) is 0 Å². The van der Waals surface area contributed by atoms with Crippen LogP contribution in [0.1, 0.15) is 41.1 Å². The second-order valence-corrected chi connectivity index (χ2v) is 10.5. The Bertz CT molecular complexity index is 1990. The molecule has 0 saturated carbocycles. The summed E-state index contributed by atoms with van der Waals surface area (Å²) in [6.07, 6.45) is -0.747. The molecule has 3 unspecified atom stereocenters. The molecule has 2 bridgehead atoms. The highest BCUT2D eigenvalue weighted by Gasteiger charge is 2.65. The van der Waals surface area contributed by atoms with Crippen molar-refractivity contribution < 1.29 is 24.2 Å². The Morgan fingerprint density at radius 2 is 1.97 bits per heavy atom. The van der Waals surface area contributed by atoms with Crippen molar-refractivity contribution in [3.05, 3.63) is 59.2 Å². The number of hydrogen-bond acceptors (Lipinski definition) is 6. The van der Waals surface area contributed by atoms with Crippen LogP contribution in [0.25, 0.3) is 43.6 Å². The van der Waals surface area contributed by atoms with Crippen LogP contribution < -0.4 is 11.1 Å². The summed E-state index contributed by atoms with van der Waals surface area (Å²) in [4.78, 5) is 26.6. The number of methoxy groups -OCH3 is 1. The van der Waals surface area contributed by atoms with Gasteiger partial charge in [-0.2, -0.15) is 0 Å². The number of nitrogen functional groups attached to an aromatic ring is 1. The van der Waals surface area contributed by atoms with Crippen LogP contribution in [0.2, 0.25) is 0 Å². The molecule has 3 atom stereocenters. The van der Waals surface area contributed by atoms with Crippen LogP contribution in [-0.2, 0) is 26.5 Å². The number of nitrogens with two attached hydrogens (primary N) is 1. The second kappa shape index (κ2) is 6.53. The Morgan fingerprint density at radius 1 is 1.18 bits per heavy atom. The van der Waals surface area contributed by atoms with E-state index in [0.717, 1.165) is 43.7 Å². The van der Waals surface area contributed by atoms with E-state index in [1.807, 2.05) is 45.5 Å². The van der Waals surface area contributed by atoms with E-state index in [9.17, 15) is 14.7 Å². The van der Waals surface area contributed by atoms with Crippen molar-refractivity contribution in [1.82, 2.24) is 14.5 Å². The van der Waals surface area contributed by atoms with Gasteiger partial charge >= 0.3 is 5.97 Å². The summed E-state index contributed by atoms with van der Waals surface area (Å²) in [6, 6.07) is 13.2. The summed E-state index contributed by atoms with van der Waals surface area (Å²) >= 11 is 0. The number of carbonyl (C=O) groups is 2. The molecule has 5 N–H and O–H groups in total. The minimum Gasteiger partial charge on any atom is -0.467 e. The maximum atomic E-state index is 13.3. The molecule has 5 heterocycles. The fraction of sp³-hybridized carbons (Fsp3) is 0.250. The van der Waals surface area contributed by atoms with Gasteiger partial charge in [0.05, 0.1) is 34.7 Å². The standard InChI is InChI=1S/C28H23N5O5/c1-27-28(36,26(35)37-2)10-18(38-27)32-16-6-4-3-5-13(16)20-21-15(11-31-25(21)34)19-14-9-12(24(29)30)7-8-17(14)33(27)23(19)22(20)32/h3-9,18,36H,10-11H2,1-2H3,(H3,29,30)(H,31,34). The SMILES string of the molecule is COC(=O)C1(O)CC2OC1(C)n1c3ccc(C(=N)N)cc3c3c4c(c5c6ccccc6n2c5c31)C(=O)NC4. The van der Waals surface area contributed by atoms with E-state index in [1.54, 1.807) is 13.0 Å². The minimum atomic E-state index is -2.01. The molecular formula is C28H23N5O5. The van der Waals surface area contributed by atoms with Gasteiger partial charge in [0.1, 0.15) is 12.1 Å². The van der Waals surface area contributed by atoms with Gasteiger partial charge in [-0.1, -0.05) is 18.2 Å². The van der Waals surface area contributed by atoms with Crippen molar-refractivity contribution in [3.63, 3.8) is 0 Å². The molecule has 0 spiro atoms. The Kier molecular flexibility index (Phi) is 3.72. The predicted octanol–water partition coefficient (Wildman–Crippen LogP) is 2.94. The number of fused-ring (bicyclic) bond motifs is 13. The Hall–Kier alpha value is -4.41. The number of nitrogens with zero attached hydrogens (tertiary/aromatic N) is 2. The van der Waals surface area contributed by atoms with Crippen LogP contribution in [0, 0.1) is 5.41 Å². The van der Waals surface area contributed by atoms with E-state index < -0.39 is 23.5 Å². The summed E-state index contributed by atoms with van der Waals surface area (Å²) in [5.74, 6) is -1.02. The lowest BCUT2D eigenvalue weighted by Crippen LogP contribution is -2.56. The maximum absolute atomic E-state index is 13.3. The quantitative estimate of drug-likeness (QED) is 0.164. The van der Waals surface area contributed by atoms with E-state index in [1.165, 1.54) is 7.11 Å². The van der Waals surface area contributed by atoms with Gasteiger partial charge in [0.2, 0.25) is 5.60 Å². The first-order valence-electron chi connectivity index (χ1n) is 12.4. The lowest BCUT2D eigenvalue weighted by Gasteiger charge is -2.37. The van der Waals surface area contributed by atoms with E-state index in [-0.39, 0.29) is 18.2 Å². The van der Waals surface area contributed by atoms with Crippen molar-refractivity contribution in [1.29, 1.82) is 5.41 Å². The van der Waals surface area contributed by atoms with Gasteiger partial charge in [-0.25, -0.2) is 4.79 Å². The molecule has 3 aromatic carbocycles. The lowest BCUT2D eigenvalue weighted by atomic mass is 9.88. The number of amides is 1. The highest BCUT2D eigenvalue weighted by Crippen LogP contribution is 2.57. The number of para-hydroxylation sites is 1. The molecule has 38 heavy (non-hydrogen) atoms. The number of rotatable bonds is 2. The van der Waals surface area contributed by atoms with Gasteiger partial charge in [-0.15, -0.1) is 0 Å². The fourth-order valence-corrected chi connectivity index (χ4v) is 7.11. The number of aliphatic hydroxyl groups is 1. The third kappa shape index (κ3) is 2.14. The molecule has 1 fully saturated rings. The number of esters is 1. The molecule has 190 valence electrons. The molecule has 1 amide bonds. The molecule has 5 aromatic rings. The van der Waals surface area contributed by atoms with Crippen molar-refractivity contribution >= 4 is 61.3 Å². The van der Waals surface area contributed by atoms with Crippen molar-refractivity contribution in [2.75, 3.05) is 7.11 Å². The summed E-state index contributed by atoms with van der Waals surface area (Å²) in [7, 11) is 1.25. The molecule has 3 aliphatic rings. The summed E-state index contributed by atoms with van der Waals surface area (Å²) < 4.78 is 15.7. The minimum absolute atomic E-state index is 0.0423. The van der Waals surface area contributed by atoms with E-state index in [4.69, 9.17) is 20.6 Å². The van der Waals surface area contributed by atoms with Gasteiger partial charge in [-0.3, -0.25) is 10.2 Å². The lowest BCUT2D eigenvalue weighted by molar-refractivity contribution is -0.202. The number of amidine groups is 1. The zero-order chi connectivity index (χ0) is 26.3. The van der Waals surface area contributed by atoms with Crippen molar-refractivity contribution in [2.24, 2.45) is 5.73 Å². The zero-order valence-electron chi connectivity index (χ0n) is 20.6. The molecule has 0 radical (unpaired) electrons. The maximum Gasteiger partial charge on any atom is 0.343 e. The van der Waals surface area contributed by atoms with Crippen molar-refractivity contribution in [2.45, 2.75) is 37.4 Å². The second-order valence-electron chi connectivity index (χ2n) is 10.5. The van der Waals surface area contributed by atoms with Crippen LogP contribution in [-0.4, -0.2) is 44.7 Å². The summed E-state index contributed by atoms with van der Waals surface area (Å²) in [5, 5.41) is 26.4. The van der Waals surface area contributed by atoms with Crippen LogP contribution in [0.15, 0.2) is 42.5 Å². The number of nitrogens with one attached hydrogen (secondary N) is 2. The van der Waals surface area contributed by atoms with Gasteiger partial charge < -0.3 is 34.8 Å². The Balaban J connectivity index is 1.72. The van der Waals surface area contributed by atoms with E-state index in [0.29, 0.717) is 23.2 Å². The molecule has 2 aromatic heterocycles. The first-order valence-corrected chi connectivity index (χ1v) is 12.4. The molecule has 8 rings (SSSR count). The molecule has 10 heteroatoms. The zero-order valence-corrected chi connectivity index (χ0v) is 20.6. The topological polar surface area (TPSA) is 145 Å². The average molecular weight is 510 g/mol. The molecule has 0 aliphatic carbocycles. The smallest absolute Gasteiger partial charge is 0.343 e. The van der Waals surface area contributed by atoms with Crippen LogP contribution in [0.3, 0.4) is 0 Å². The Morgan fingerprint density at radius 3 is 2.74 bits per heavy atom. The first-order chi connectivity index (χ1) is 18.2. The van der Waals surface area contributed by atoms with E-state index in [2.05, 4.69) is 5.32 Å². The molecule has 3 aliphatic heterocycles. The molecule has 1 saturated heterocycles. The Labute approximate surface area is 215 Å². The molecule has 10 nitrogen and oxygen atoms in total. The number of carbonyl (C=O) groups excluding carboxylic acids is 2.